The minimum atomic E-state index is -0.533. The van der Waals surface area contributed by atoms with E-state index < -0.39 is 6.04 Å². The SMILES string of the molecule is COCCNC(=O)C1c2ccccc2CCN1C(C)=O. The molecule has 1 heterocycles. The van der Waals surface area contributed by atoms with Gasteiger partial charge in [-0.1, -0.05) is 24.3 Å². The van der Waals surface area contributed by atoms with Crippen LogP contribution in [0.5, 0.6) is 0 Å². The molecule has 1 unspecified atom stereocenters. The molecule has 0 saturated heterocycles. The van der Waals surface area contributed by atoms with Gasteiger partial charge < -0.3 is 15.0 Å². The van der Waals surface area contributed by atoms with Crippen LogP contribution in [0.2, 0.25) is 0 Å². The molecule has 2 amide bonds. The van der Waals surface area contributed by atoms with Gasteiger partial charge in [0.2, 0.25) is 11.8 Å². The largest absolute Gasteiger partial charge is 0.383 e. The number of carbonyl (C=O) groups excluding carboxylic acids is 2. The van der Waals surface area contributed by atoms with E-state index >= 15 is 0 Å². The second-order valence-electron chi connectivity index (χ2n) is 4.85. The molecule has 0 spiro atoms. The Bertz CT molecular complexity index is 502. The molecule has 0 radical (unpaired) electrons. The number of methoxy groups -OCH3 is 1. The summed E-state index contributed by atoms with van der Waals surface area (Å²) in [4.78, 5) is 25.8. The van der Waals surface area contributed by atoms with Gasteiger partial charge in [-0.05, 0) is 17.5 Å². The van der Waals surface area contributed by atoms with Crippen LogP contribution in [0.3, 0.4) is 0 Å². The third-order valence-corrected chi connectivity index (χ3v) is 3.54. The maximum absolute atomic E-state index is 12.4. The van der Waals surface area contributed by atoms with Crippen LogP contribution in [0, 0.1) is 0 Å². The molecule has 20 heavy (non-hydrogen) atoms. The van der Waals surface area contributed by atoms with Crippen molar-refractivity contribution in [3.05, 3.63) is 35.4 Å². The van der Waals surface area contributed by atoms with Crippen molar-refractivity contribution in [2.45, 2.75) is 19.4 Å². The smallest absolute Gasteiger partial charge is 0.247 e. The first-order chi connectivity index (χ1) is 9.65. The second-order valence-corrected chi connectivity index (χ2v) is 4.85. The summed E-state index contributed by atoms with van der Waals surface area (Å²) in [6.45, 7) is 2.98. The Hall–Kier alpha value is -1.88. The fourth-order valence-corrected chi connectivity index (χ4v) is 2.56. The monoisotopic (exact) mass is 276 g/mol. The Morgan fingerprint density at radius 1 is 1.40 bits per heavy atom. The summed E-state index contributed by atoms with van der Waals surface area (Å²) in [5.74, 6) is -0.226. The number of benzene rings is 1. The Balaban J connectivity index is 2.24. The summed E-state index contributed by atoms with van der Waals surface area (Å²) in [7, 11) is 1.59. The zero-order chi connectivity index (χ0) is 14.5. The molecule has 1 N–H and O–H groups in total. The lowest BCUT2D eigenvalue weighted by molar-refractivity contribution is -0.139. The normalized spacial score (nSPS) is 17.5. The van der Waals surface area contributed by atoms with Crippen LogP contribution < -0.4 is 5.32 Å². The van der Waals surface area contributed by atoms with Crippen LogP contribution in [0.4, 0.5) is 0 Å². The lowest BCUT2D eigenvalue weighted by Crippen LogP contribution is -2.47. The molecule has 0 bridgehead atoms. The lowest BCUT2D eigenvalue weighted by atomic mass is 9.92. The third-order valence-electron chi connectivity index (χ3n) is 3.54. The van der Waals surface area contributed by atoms with Crippen molar-refractivity contribution in [3.8, 4) is 0 Å². The lowest BCUT2D eigenvalue weighted by Gasteiger charge is -2.35. The maximum atomic E-state index is 12.4. The van der Waals surface area contributed by atoms with Gasteiger partial charge >= 0.3 is 0 Å². The molecule has 2 rings (SSSR count). The number of carbonyl (C=O) groups is 2. The zero-order valence-corrected chi connectivity index (χ0v) is 11.9. The summed E-state index contributed by atoms with van der Waals surface area (Å²) in [5, 5.41) is 2.82. The molecule has 0 aromatic heterocycles. The van der Waals surface area contributed by atoms with Gasteiger partial charge in [0.1, 0.15) is 6.04 Å². The van der Waals surface area contributed by atoms with Crippen molar-refractivity contribution >= 4 is 11.8 Å². The first-order valence-electron chi connectivity index (χ1n) is 6.77. The van der Waals surface area contributed by atoms with Gasteiger partial charge in [-0.15, -0.1) is 0 Å². The number of amides is 2. The van der Waals surface area contributed by atoms with Crippen molar-refractivity contribution in [2.75, 3.05) is 26.8 Å². The molecular weight excluding hydrogens is 256 g/mol. The van der Waals surface area contributed by atoms with E-state index in [9.17, 15) is 9.59 Å². The molecule has 1 aromatic carbocycles. The van der Waals surface area contributed by atoms with Gasteiger partial charge in [0, 0.05) is 27.1 Å². The molecule has 5 nitrogen and oxygen atoms in total. The first kappa shape index (κ1) is 14.5. The number of fused-ring (bicyclic) bond motifs is 1. The molecule has 1 atom stereocenters. The predicted molar refractivity (Wildman–Crippen MR) is 75.2 cm³/mol. The summed E-state index contributed by atoms with van der Waals surface area (Å²) in [5.41, 5.74) is 2.06. The maximum Gasteiger partial charge on any atom is 0.247 e. The van der Waals surface area contributed by atoms with E-state index in [1.807, 2.05) is 24.3 Å². The highest BCUT2D eigenvalue weighted by atomic mass is 16.5. The number of hydrogen-bond donors (Lipinski definition) is 1. The van der Waals surface area contributed by atoms with Crippen molar-refractivity contribution < 1.29 is 14.3 Å². The van der Waals surface area contributed by atoms with Gasteiger partial charge in [-0.3, -0.25) is 9.59 Å². The molecule has 1 aliphatic heterocycles. The van der Waals surface area contributed by atoms with E-state index in [0.717, 1.165) is 17.5 Å². The Kier molecular flexibility index (Phi) is 4.74. The summed E-state index contributed by atoms with van der Waals surface area (Å²) < 4.78 is 4.93. The fourth-order valence-electron chi connectivity index (χ4n) is 2.56. The average molecular weight is 276 g/mol. The van der Waals surface area contributed by atoms with Gasteiger partial charge in [0.25, 0.3) is 0 Å². The van der Waals surface area contributed by atoms with Crippen LogP contribution in [0.1, 0.15) is 24.1 Å². The topological polar surface area (TPSA) is 58.6 Å². The Morgan fingerprint density at radius 3 is 2.85 bits per heavy atom. The van der Waals surface area contributed by atoms with Gasteiger partial charge in [0.15, 0.2) is 0 Å². The molecule has 0 fully saturated rings. The number of rotatable bonds is 4. The van der Waals surface area contributed by atoms with Crippen molar-refractivity contribution in [3.63, 3.8) is 0 Å². The molecule has 1 aromatic rings. The quantitative estimate of drug-likeness (QED) is 0.831. The van der Waals surface area contributed by atoms with E-state index in [0.29, 0.717) is 19.7 Å². The number of nitrogens with zero attached hydrogens (tertiary/aromatic N) is 1. The van der Waals surface area contributed by atoms with Crippen LogP contribution in [0.25, 0.3) is 0 Å². The Labute approximate surface area is 118 Å². The number of nitrogens with one attached hydrogen (secondary N) is 1. The minimum Gasteiger partial charge on any atom is -0.383 e. The standard InChI is InChI=1S/C15H20N2O3/c1-11(18)17-9-7-12-5-3-4-6-13(12)14(17)15(19)16-8-10-20-2/h3-6,14H,7-10H2,1-2H3,(H,16,19). The summed E-state index contributed by atoms with van der Waals surface area (Å²) in [6.07, 6.45) is 0.789. The average Bonchev–Trinajstić information content (AvgIpc) is 2.46. The summed E-state index contributed by atoms with van der Waals surface area (Å²) in [6, 6.07) is 7.27. The van der Waals surface area contributed by atoms with E-state index in [2.05, 4.69) is 5.32 Å². The molecule has 0 aliphatic carbocycles. The van der Waals surface area contributed by atoms with Crippen LogP contribution in [0.15, 0.2) is 24.3 Å². The number of hydrogen-bond acceptors (Lipinski definition) is 3. The molecule has 0 saturated carbocycles. The van der Waals surface area contributed by atoms with Crippen LogP contribution in [-0.4, -0.2) is 43.5 Å². The minimum absolute atomic E-state index is 0.0774. The predicted octanol–water partition coefficient (Wildman–Crippen LogP) is 0.895. The summed E-state index contributed by atoms with van der Waals surface area (Å²) >= 11 is 0. The van der Waals surface area contributed by atoms with E-state index in [1.54, 1.807) is 12.0 Å². The fraction of sp³-hybridized carbons (Fsp3) is 0.467. The van der Waals surface area contributed by atoms with Crippen LogP contribution in [-0.2, 0) is 20.7 Å². The highest BCUT2D eigenvalue weighted by Crippen LogP contribution is 2.29. The highest BCUT2D eigenvalue weighted by molar-refractivity contribution is 5.88. The number of ether oxygens (including phenoxy) is 1. The van der Waals surface area contributed by atoms with Gasteiger partial charge in [-0.25, -0.2) is 0 Å². The molecular formula is C15H20N2O3. The van der Waals surface area contributed by atoms with Gasteiger partial charge in [0.05, 0.1) is 6.61 Å². The first-order valence-corrected chi connectivity index (χ1v) is 6.77. The zero-order valence-electron chi connectivity index (χ0n) is 11.9. The van der Waals surface area contributed by atoms with Crippen LogP contribution >= 0.6 is 0 Å². The third kappa shape index (κ3) is 2.99. The second kappa shape index (κ2) is 6.52. The van der Waals surface area contributed by atoms with Crippen molar-refractivity contribution in [1.82, 2.24) is 10.2 Å². The molecule has 1 aliphatic rings. The van der Waals surface area contributed by atoms with Gasteiger partial charge in [-0.2, -0.15) is 0 Å². The molecule has 5 heteroatoms. The van der Waals surface area contributed by atoms with Crippen molar-refractivity contribution in [2.24, 2.45) is 0 Å². The van der Waals surface area contributed by atoms with Crippen molar-refractivity contribution in [1.29, 1.82) is 0 Å². The van der Waals surface area contributed by atoms with E-state index in [1.165, 1.54) is 6.92 Å². The van der Waals surface area contributed by atoms with E-state index in [-0.39, 0.29) is 11.8 Å². The Morgan fingerprint density at radius 2 is 2.15 bits per heavy atom. The highest BCUT2D eigenvalue weighted by Gasteiger charge is 2.33. The molecule has 108 valence electrons. The van der Waals surface area contributed by atoms with E-state index in [4.69, 9.17) is 4.74 Å².